The first-order chi connectivity index (χ1) is 10.3. The number of sulfone groups is 1. The van der Waals surface area contributed by atoms with Gasteiger partial charge in [-0.3, -0.25) is 0 Å². The number of thiocarbonyl (C=S) groups is 1. The minimum absolute atomic E-state index is 0.289. The summed E-state index contributed by atoms with van der Waals surface area (Å²) in [5.74, 6) is 0. The quantitative estimate of drug-likeness (QED) is 0.509. The van der Waals surface area contributed by atoms with E-state index in [1.165, 1.54) is 18.0 Å². The van der Waals surface area contributed by atoms with E-state index in [-0.39, 0.29) is 5.37 Å². The molecule has 0 spiro atoms. The van der Waals surface area contributed by atoms with Crippen molar-refractivity contribution in [1.82, 2.24) is 0 Å². The summed E-state index contributed by atoms with van der Waals surface area (Å²) in [4.78, 5) is 0.910. The molecule has 2 rings (SSSR count). The van der Waals surface area contributed by atoms with Gasteiger partial charge in [0.2, 0.25) is 0 Å². The van der Waals surface area contributed by atoms with Gasteiger partial charge in [0.05, 0.1) is 10.3 Å². The van der Waals surface area contributed by atoms with Crippen LogP contribution in [0.1, 0.15) is 5.56 Å². The van der Waals surface area contributed by atoms with Gasteiger partial charge in [0, 0.05) is 16.7 Å². The zero-order chi connectivity index (χ0) is 16.3. The molecular weight excluding hydrogens is 334 g/mol. The molecule has 0 saturated carbocycles. The monoisotopic (exact) mass is 351 g/mol. The summed E-state index contributed by atoms with van der Waals surface area (Å²) in [5.41, 5.74) is 8.23. The van der Waals surface area contributed by atoms with E-state index in [9.17, 15) is 8.42 Å². The molecule has 0 bridgehead atoms. The summed E-state index contributed by atoms with van der Waals surface area (Å²) in [5, 5.41) is -0.289. The van der Waals surface area contributed by atoms with Gasteiger partial charge >= 0.3 is 0 Å². The smallest absolute Gasteiger partial charge is 0.176 e. The summed E-state index contributed by atoms with van der Waals surface area (Å²) in [6.45, 7) is 0. The molecule has 0 aliphatic heterocycles. The van der Waals surface area contributed by atoms with E-state index in [4.69, 9.17) is 18.0 Å². The van der Waals surface area contributed by atoms with Crippen molar-refractivity contribution >= 4 is 38.7 Å². The summed E-state index contributed by atoms with van der Waals surface area (Å²) in [6, 6.07) is 14.5. The first-order valence-electron chi connectivity index (χ1n) is 6.56. The molecule has 0 aromatic heterocycles. The van der Waals surface area contributed by atoms with Crippen LogP contribution < -0.4 is 5.73 Å². The van der Waals surface area contributed by atoms with E-state index in [1.54, 1.807) is 12.1 Å². The Hall–Kier alpha value is -1.21. The fourth-order valence-electron chi connectivity index (χ4n) is 2.12. The highest BCUT2D eigenvalue weighted by Gasteiger charge is 2.18. The fraction of sp³-hybridized carbons (Fsp3) is 0.188. The summed E-state index contributed by atoms with van der Waals surface area (Å²) < 4.78 is 24.1. The van der Waals surface area contributed by atoms with Crippen molar-refractivity contribution < 1.29 is 8.42 Å². The summed E-state index contributed by atoms with van der Waals surface area (Å²) in [7, 11) is -3.33. The Balaban J connectivity index is 2.64. The molecule has 2 aromatic rings. The van der Waals surface area contributed by atoms with Crippen LogP contribution in [0.2, 0.25) is 0 Å². The van der Waals surface area contributed by atoms with Gasteiger partial charge in [-0.2, -0.15) is 0 Å². The van der Waals surface area contributed by atoms with Crippen LogP contribution in [0.5, 0.6) is 0 Å². The Morgan fingerprint density at radius 3 is 2.36 bits per heavy atom. The van der Waals surface area contributed by atoms with Crippen LogP contribution >= 0.6 is 24.0 Å². The van der Waals surface area contributed by atoms with Crippen LogP contribution in [0, 0.1) is 0 Å². The third-order valence-corrected chi connectivity index (χ3v) is 5.80. The molecule has 22 heavy (non-hydrogen) atoms. The van der Waals surface area contributed by atoms with Gasteiger partial charge in [0.25, 0.3) is 0 Å². The second-order valence-corrected chi connectivity index (χ2v) is 8.27. The number of nitrogens with two attached hydrogens (primary N) is 1. The molecule has 0 aliphatic rings. The van der Waals surface area contributed by atoms with Crippen LogP contribution in [0.4, 0.5) is 0 Å². The standard InChI is InChI=1S/C16H17NO2S3/c1-21-16(17)15(20)12-8-9-14(22(2,18)19)13(10-12)11-6-4-3-5-7-11/h3-10,16H,17H2,1-2H3. The highest BCUT2D eigenvalue weighted by molar-refractivity contribution is 8.01. The average Bonchev–Trinajstić information content (AvgIpc) is 2.52. The van der Waals surface area contributed by atoms with Crippen LogP contribution in [0.3, 0.4) is 0 Å². The molecule has 2 N–H and O–H groups in total. The van der Waals surface area contributed by atoms with Crippen molar-refractivity contribution in [3.05, 3.63) is 54.1 Å². The van der Waals surface area contributed by atoms with E-state index in [2.05, 4.69) is 0 Å². The van der Waals surface area contributed by atoms with Crippen LogP contribution in [0.15, 0.2) is 53.4 Å². The van der Waals surface area contributed by atoms with Crippen molar-refractivity contribution in [2.24, 2.45) is 5.73 Å². The molecule has 1 unspecified atom stereocenters. The molecule has 0 saturated heterocycles. The number of hydrogen-bond donors (Lipinski definition) is 1. The number of thioether (sulfide) groups is 1. The normalized spacial score (nSPS) is 12.9. The lowest BCUT2D eigenvalue weighted by Crippen LogP contribution is -2.25. The third kappa shape index (κ3) is 3.76. The molecule has 116 valence electrons. The van der Waals surface area contributed by atoms with Gasteiger partial charge in [-0.25, -0.2) is 8.42 Å². The predicted octanol–water partition coefficient (Wildman–Crippen LogP) is 3.12. The minimum Gasteiger partial charge on any atom is -0.315 e. The number of benzene rings is 2. The first-order valence-corrected chi connectivity index (χ1v) is 10.2. The van der Waals surface area contributed by atoms with Crippen LogP contribution in [-0.2, 0) is 9.84 Å². The predicted molar refractivity (Wildman–Crippen MR) is 98.2 cm³/mol. The van der Waals surface area contributed by atoms with E-state index in [0.717, 1.165) is 11.1 Å². The van der Waals surface area contributed by atoms with Gasteiger partial charge in [0.15, 0.2) is 9.84 Å². The number of rotatable bonds is 5. The second-order valence-electron chi connectivity index (χ2n) is 4.87. The Morgan fingerprint density at radius 1 is 1.18 bits per heavy atom. The van der Waals surface area contributed by atoms with E-state index >= 15 is 0 Å². The molecule has 2 aromatic carbocycles. The Morgan fingerprint density at radius 2 is 1.82 bits per heavy atom. The van der Waals surface area contributed by atoms with E-state index in [1.807, 2.05) is 42.7 Å². The summed E-state index contributed by atoms with van der Waals surface area (Å²) in [6.07, 6.45) is 3.10. The first kappa shape index (κ1) is 17.1. The van der Waals surface area contributed by atoms with E-state index in [0.29, 0.717) is 15.3 Å². The lowest BCUT2D eigenvalue weighted by Gasteiger charge is -2.14. The largest absolute Gasteiger partial charge is 0.315 e. The molecule has 0 fully saturated rings. The molecule has 0 aliphatic carbocycles. The highest BCUT2D eigenvalue weighted by atomic mass is 32.2. The lowest BCUT2D eigenvalue weighted by molar-refractivity contribution is 0.602. The van der Waals surface area contributed by atoms with Gasteiger partial charge in [0.1, 0.15) is 0 Å². The lowest BCUT2D eigenvalue weighted by atomic mass is 10.0. The Labute approximate surface area is 140 Å². The highest BCUT2D eigenvalue weighted by Crippen LogP contribution is 2.29. The average molecular weight is 352 g/mol. The molecule has 0 amide bonds. The van der Waals surface area contributed by atoms with Crippen molar-refractivity contribution in [1.29, 1.82) is 0 Å². The fourth-order valence-corrected chi connectivity index (χ4v) is 3.78. The second kappa shape index (κ2) is 6.91. The van der Waals surface area contributed by atoms with Gasteiger partial charge in [-0.05, 0) is 29.5 Å². The summed E-state index contributed by atoms with van der Waals surface area (Å²) >= 11 is 6.85. The third-order valence-electron chi connectivity index (χ3n) is 3.26. The van der Waals surface area contributed by atoms with Crippen molar-refractivity contribution in [3.63, 3.8) is 0 Å². The van der Waals surface area contributed by atoms with Crippen LogP contribution in [0.25, 0.3) is 11.1 Å². The molecule has 3 nitrogen and oxygen atoms in total. The van der Waals surface area contributed by atoms with E-state index < -0.39 is 9.84 Å². The molecule has 0 radical (unpaired) electrons. The number of hydrogen-bond acceptors (Lipinski definition) is 5. The van der Waals surface area contributed by atoms with Gasteiger partial charge in [-0.1, -0.05) is 48.6 Å². The maximum absolute atomic E-state index is 12.0. The molecule has 6 heteroatoms. The van der Waals surface area contributed by atoms with Gasteiger partial charge < -0.3 is 5.73 Å². The maximum Gasteiger partial charge on any atom is 0.176 e. The minimum atomic E-state index is -3.33. The molecule has 0 heterocycles. The van der Waals surface area contributed by atoms with Gasteiger partial charge in [-0.15, -0.1) is 11.8 Å². The maximum atomic E-state index is 12.0. The zero-order valence-electron chi connectivity index (χ0n) is 12.3. The molecular formula is C16H17NO2S3. The van der Waals surface area contributed by atoms with Crippen molar-refractivity contribution in [2.45, 2.75) is 10.3 Å². The molecule has 1 atom stereocenters. The van der Waals surface area contributed by atoms with Crippen LogP contribution in [-0.4, -0.2) is 31.2 Å². The SMILES string of the molecule is CSC(N)C(=S)c1ccc(S(C)(=O)=O)c(-c2ccccc2)c1. The Bertz CT molecular complexity index is 786. The van der Waals surface area contributed by atoms with Crippen molar-refractivity contribution in [3.8, 4) is 11.1 Å². The topological polar surface area (TPSA) is 60.2 Å². The van der Waals surface area contributed by atoms with Crippen molar-refractivity contribution in [2.75, 3.05) is 12.5 Å². The zero-order valence-corrected chi connectivity index (χ0v) is 14.8. The Kier molecular flexibility index (Phi) is 5.39.